The van der Waals surface area contributed by atoms with Crippen molar-refractivity contribution in [1.82, 2.24) is 0 Å². The minimum atomic E-state index is -2.17. The highest BCUT2D eigenvalue weighted by Gasteiger charge is 2.45. The summed E-state index contributed by atoms with van der Waals surface area (Å²) in [6, 6.07) is 16.1. The van der Waals surface area contributed by atoms with Crippen molar-refractivity contribution in [1.29, 1.82) is 0 Å². The number of anilines is 1. The lowest BCUT2D eigenvalue weighted by atomic mass is 10.1. The van der Waals surface area contributed by atoms with Crippen molar-refractivity contribution >= 4 is 29.1 Å². The number of halogens is 1. The Morgan fingerprint density at radius 2 is 1.91 bits per heavy atom. The SMILES string of the molecule is O=C(O)C1(O)CN(c2cccc(Cl)c2)C(c2ccccc2)=N1. The van der Waals surface area contributed by atoms with E-state index >= 15 is 0 Å². The van der Waals surface area contributed by atoms with Crippen molar-refractivity contribution in [2.24, 2.45) is 4.99 Å². The predicted molar refractivity (Wildman–Crippen MR) is 84.4 cm³/mol. The minimum Gasteiger partial charge on any atom is -0.478 e. The maximum Gasteiger partial charge on any atom is 0.361 e. The number of aliphatic imine (C=N–C) groups is 1. The summed E-state index contributed by atoms with van der Waals surface area (Å²) < 4.78 is 0. The molecule has 1 aliphatic rings. The molecule has 0 spiro atoms. The molecular weight excluding hydrogens is 304 g/mol. The first-order chi connectivity index (χ1) is 10.5. The molecule has 0 radical (unpaired) electrons. The standard InChI is InChI=1S/C16H13ClN2O3/c17-12-7-4-8-13(9-12)19-10-16(22,15(20)21)18-14(19)11-5-2-1-3-6-11/h1-9,22H,10H2,(H,20,21). The molecular formula is C16H13ClN2O3. The monoisotopic (exact) mass is 316 g/mol. The molecule has 5 nitrogen and oxygen atoms in total. The number of β-amino-alcohol motifs (C(OH)–C–C–N with tert-alkyl or cyclic N) is 1. The Morgan fingerprint density at radius 3 is 2.55 bits per heavy atom. The van der Waals surface area contributed by atoms with Crippen LogP contribution in [-0.2, 0) is 4.79 Å². The smallest absolute Gasteiger partial charge is 0.361 e. The van der Waals surface area contributed by atoms with Gasteiger partial charge >= 0.3 is 5.97 Å². The second kappa shape index (κ2) is 5.44. The van der Waals surface area contributed by atoms with Crippen molar-refractivity contribution in [2.45, 2.75) is 5.72 Å². The first kappa shape index (κ1) is 14.6. The van der Waals surface area contributed by atoms with Gasteiger partial charge < -0.3 is 15.1 Å². The molecule has 1 aliphatic heterocycles. The summed E-state index contributed by atoms with van der Waals surface area (Å²) in [4.78, 5) is 17.0. The predicted octanol–water partition coefficient (Wildman–Crippen LogP) is 2.38. The number of carboxylic acid groups (broad SMARTS) is 1. The molecule has 0 saturated heterocycles. The number of carboxylic acids is 1. The maximum atomic E-state index is 11.3. The van der Waals surface area contributed by atoms with Crippen LogP contribution in [0.2, 0.25) is 5.02 Å². The van der Waals surface area contributed by atoms with Gasteiger partial charge in [0.1, 0.15) is 5.84 Å². The molecule has 22 heavy (non-hydrogen) atoms. The second-order valence-corrected chi connectivity index (χ2v) is 5.43. The Morgan fingerprint density at radius 1 is 1.18 bits per heavy atom. The van der Waals surface area contributed by atoms with E-state index in [9.17, 15) is 15.0 Å². The van der Waals surface area contributed by atoms with Crippen molar-refractivity contribution in [3.63, 3.8) is 0 Å². The van der Waals surface area contributed by atoms with Crippen LogP contribution >= 0.6 is 11.6 Å². The van der Waals surface area contributed by atoms with E-state index in [1.807, 2.05) is 30.3 Å². The fourth-order valence-electron chi connectivity index (χ4n) is 2.35. The number of aliphatic hydroxyl groups is 1. The van der Waals surface area contributed by atoms with Gasteiger partial charge in [0.25, 0.3) is 5.72 Å². The highest BCUT2D eigenvalue weighted by molar-refractivity contribution is 6.31. The van der Waals surface area contributed by atoms with Crippen molar-refractivity contribution < 1.29 is 15.0 Å². The fraction of sp³-hybridized carbons (Fsp3) is 0.125. The molecule has 3 rings (SSSR count). The number of rotatable bonds is 3. The van der Waals surface area contributed by atoms with Crippen LogP contribution in [0, 0.1) is 0 Å². The Labute approximate surface area is 132 Å². The molecule has 0 fully saturated rings. The summed E-state index contributed by atoms with van der Waals surface area (Å²) in [6.45, 7) is -0.174. The third-order valence-electron chi connectivity index (χ3n) is 3.42. The molecule has 6 heteroatoms. The lowest BCUT2D eigenvalue weighted by Crippen LogP contribution is -2.42. The fourth-order valence-corrected chi connectivity index (χ4v) is 2.53. The molecule has 0 aromatic heterocycles. The zero-order valence-electron chi connectivity index (χ0n) is 11.5. The van der Waals surface area contributed by atoms with E-state index in [1.165, 1.54) is 0 Å². The summed E-state index contributed by atoms with van der Waals surface area (Å²) in [6.07, 6.45) is 0. The van der Waals surface area contributed by atoms with E-state index in [2.05, 4.69) is 4.99 Å². The lowest BCUT2D eigenvalue weighted by Gasteiger charge is -2.22. The first-order valence-corrected chi connectivity index (χ1v) is 7.01. The molecule has 0 aliphatic carbocycles. The number of aliphatic carboxylic acids is 1. The number of hydrogen-bond donors (Lipinski definition) is 2. The summed E-state index contributed by atoms with van der Waals surface area (Å²) in [5.41, 5.74) is -0.778. The van der Waals surface area contributed by atoms with Crippen LogP contribution in [0.15, 0.2) is 59.6 Å². The van der Waals surface area contributed by atoms with E-state index in [0.29, 0.717) is 16.5 Å². The molecule has 2 aromatic carbocycles. The van der Waals surface area contributed by atoms with Gasteiger partial charge in [0.15, 0.2) is 0 Å². The van der Waals surface area contributed by atoms with E-state index in [-0.39, 0.29) is 6.54 Å². The Balaban J connectivity index is 2.09. The lowest BCUT2D eigenvalue weighted by molar-refractivity contribution is -0.155. The van der Waals surface area contributed by atoms with Gasteiger partial charge in [-0.3, -0.25) is 0 Å². The largest absolute Gasteiger partial charge is 0.478 e. The van der Waals surface area contributed by atoms with Gasteiger partial charge in [-0.1, -0.05) is 48.0 Å². The Bertz CT molecular complexity index is 748. The number of hydrogen-bond acceptors (Lipinski definition) is 4. The maximum absolute atomic E-state index is 11.3. The second-order valence-electron chi connectivity index (χ2n) is 4.99. The van der Waals surface area contributed by atoms with Crippen molar-refractivity contribution in [2.75, 3.05) is 11.4 Å². The summed E-state index contributed by atoms with van der Waals surface area (Å²) in [5.74, 6) is -0.988. The Hall–Kier alpha value is -2.37. The van der Waals surface area contributed by atoms with Crippen molar-refractivity contribution in [3.05, 3.63) is 65.2 Å². The van der Waals surface area contributed by atoms with Crippen LogP contribution in [0.3, 0.4) is 0 Å². The number of carbonyl (C=O) groups is 1. The zero-order chi connectivity index (χ0) is 15.7. The number of nitrogens with zero attached hydrogens (tertiary/aromatic N) is 2. The number of benzene rings is 2. The normalized spacial score (nSPS) is 20.8. The van der Waals surface area contributed by atoms with Gasteiger partial charge in [0.2, 0.25) is 0 Å². The summed E-state index contributed by atoms with van der Waals surface area (Å²) >= 11 is 6.01. The van der Waals surface area contributed by atoms with E-state index in [1.54, 1.807) is 29.2 Å². The first-order valence-electron chi connectivity index (χ1n) is 6.64. The number of amidine groups is 1. The molecule has 2 aromatic rings. The molecule has 0 amide bonds. The van der Waals surface area contributed by atoms with Crippen LogP contribution in [0.1, 0.15) is 5.56 Å². The van der Waals surface area contributed by atoms with Gasteiger partial charge in [-0.05, 0) is 18.2 Å². The molecule has 0 bridgehead atoms. The Kier molecular flexibility index (Phi) is 3.60. The molecule has 1 heterocycles. The highest BCUT2D eigenvalue weighted by Crippen LogP contribution is 2.29. The zero-order valence-corrected chi connectivity index (χ0v) is 12.2. The van der Waals surface area contributed by atoms with Gasteiger partial charge in [0, 0.05) is 16.3 Å². The van der Waals surface area contributed by atoms with Crippen LogP contribution in [0.4, 0.5) is 5.69 Å². The quantitative estimate of drug-likeness (QED) is 0.912. The van der Waals surface area contributed by atoms with E-state index < -0.39 is 11.7 Å². The molecule has 1 atom stereocenters. The van der Waals surface area contributed by atoms with Gasteiger partial charge in [0.05, 0.1) is 6.54 Å². The van der Waals surface area contributed by atoms with Crippen LogP contribution in [0.25, 0.3) is 0 Å². The molecule has 112 valence electrons. The van der Waals surface area contributed by atoms with E-state index in [0.717, 1.165) is 5.56 Å². The van der Waals surface area contributed by atoms with Crippen LogP contribution in [0.5, 0.6) is 0 Å². The molecule has 1 unspecified atom stereocenters. The van der Waals surface area contributed by atoms with Gasteiger partial charge in [-0.2, -0.15) is 0 Å². The van der Waals surface area contributed by atoms with Crippen LogP contribution < -0.4 is 4.90 Å². The molecule has 0 saturated carbocycles. The van der Waals surface area contributed by atoms with Crippen molar-refractivity contribution in [3.8, 4) is 0 Å². The topological polar surface area (TPSA) is 73.1 Å². The third kappa shape index (κ3) is 2.56. The summed E-state index contributed by atoms with van der Waals surface area (Å²) in [7, 11) is 0. The molecule has 2 N–H and O–H groups in total. The van der Waals surface area contributed by atoms with Gasteiger partial charge in [-0.15, -0.1) is 0 Å². The highest BCUT2D eigenvalue weighted by atomic mass is 35.5. The average Bonchev–Trinajstić information content (AvgIpc) is 2.88. The van der Waals surface area contributed by atoms with E-state index in [4.69, 9.17) is 11.6 Å². The minimum absolute atomic E-state index is 0.174. The average molecular weight is 317 g/mol. The van der Waals surface area contributed by atoms with Crippen LogP contribution in [-0.4, -0.2) is 34.3 Å². The third-order valence-corrected chi connectivity index (χ3v) is 3.65. The van der Waals surface area contributed by atoms with Gasteiger partial charge in [-0.25, -0.2) is 9.79 Å². The summed E-state index contributed by atoms with van der Waals surface area (Å²) in [5, 5.41) is 20.0.